The van der Waals surface area contributed by atoms with E-state index in [2.05, 4.69) is 32.7 Å². The molecule has 1 atom stereocenters. The summed E-state index contributed by atoms with van der Waals surface area (Å²) in [5.41, 5.74) is 2.99. The summed E-state index contributed by atoms with van der Waals surface area (Å²) < 4.78 is 0.946. The van der Waals surface area contributed by atoms with Crippen LogP contribution >= 0.6 is 15.9 Å². The monoisotopic (exact) mass is 348 g/mol. The predicted octanol–water partition coefficient (Wildman–Crippen LogP) is 3.83. The average molecular weight is 349 g/mol. The number of piperidine rings is 1. The van der Waals surface area contributed by atoms with Gasteiger partial charge in [0.1, 0.15) is 0 Å². The van der Waals surface area contributed by atoms with Crippen LogP contribution in [0.5, 0.6) is 0 Å². The second kappa shape index (κ2) is 5.93. The Morgan fingerprint density at radius 1 is 1.43 bits per heavy atom. The molecule has 1 aliphatic rings. The lowest BCUT2D eigenvalue weighted by molar-refractivity contribution is 0.176. The molecule has 1 aromatic heterocycles. The number of hydrogen-bond donors (Lipinski definition) is 1. The summed E-state index contributed by atoms with van der Waals surface area (Å²) in [6.45, 7) is 7.25. The van der Waals surface area contributed by atoms with Gasteiger partial charge in [-0.1, -0.05) is 22.9 Å². The van der Waals surface area contributed by atoms with Gasteiger partial charge in [0.2, 0.25) is 0 Å². The molecule has 3 rings (SSSR count). The van der Waals surface area contributed by atoms with Crippen molar-refractivity contribution in [2.75, 3.05) is 13.1 Å². The molecule has 112 valence electrons. The topological polar surface area (TPSA) is 36.1 Å². The molecule has 0 radical (unpaired) electrons. The normalized spacial score (nSPS) is 20.0. The summed E-state index contributed by atoms with van der Waals surface area (Å²) >= 11 is 3.45. The number of aromatic nitrogens is 1. The second-order valence-corrected chi connectivity index (χ2v) is 7.15. The molecule has 2 aromatic rings. The van der Waals surface area contributed by atoms with Gasteiger partial charge in [-0.2, -0.15) is 0 Å². The molecule has 0 amide bonds. The largest absolute Gasteiger partial charge is 0.358 e. The van der Waals surface area contributed by atoms with E-state index in [1.165, 1.54) is 12.8 Å². The minimum Gasteiger partial charge on any atom is -0.358 e. The van der Waals surface area contributed by atoms with Gasteiger partial charge in [0.15, 0.2) is 5.43 Å². The fourth-order valence-electron chi connectivity index (χ4n) is 3.27. The summed E-state index contributed by atoms with van der Waals surface area (Å²) in [7, 11) is 0. The number of likely N-dealkylation sites (tertiary alicyclic amines) is 1. The van der Waals surface area contributed by atoms with Gasteiger partial charge in [-0.3, -0.25) is 9.69 Å². The molecule has 1 aromatic carbocycles. The quantitative estimate of drug-likeness (QED) is 0.895. The minimum atomic E-state index is 0.167. The molecule has 1 fully saturated rings. The van der Waals surface area contributed by atoms with Gasteiger partial charge in [0.05, 0.1) is 0 Å². The molecule has 0 saturated carbocycles. The highest BCUT2D eigenvalue weighted by Gasteiger charge is 2.19. The Hall–Kier alpha value is -1.13. The Labute approximate surface area is 133 Å². The first kappa shape index (κ1) is 14.8. The molecule has 1 saturated heterocycles. The molecular weight excluding hydrogens is 328 g/mol. The minimum absolute atomic E-state index is 0.167. The van der Waals surface area contributed by atoms with E-state index in [0.29, 0.717) is 0 Å². The van der Waals surface area contributed by atoms with E-state index in [-0.39, 0.29) is 5.43 Å². The van der Waals surface area contributed by atoms with Crippen LogP contribution in [0.4, 0.5) is 0 Å². The number of aromatic amines is 1. The van der Waals surface area contributed by atoms with Crippen LogP contribution < -0.4 is 5.43 Å². The Bertz CT molecular complexity index is 723. The maximum absolute atomic E-state index is 12.8. The highest BCUT2D eigenvalue weighted by Crippen LogP contribution is 2.20. The van der Waals surface area contributed by atoms with Crippen molar-refractivity contribution in [2.45, 2.75) is 33.2 Å². The number of H-pyrrole nitrogens is 1. The van der Waals surface area contributed by atoms with Crippen molar-refractivity contribution in [1.29, 1.82) is 0 Å². The number of nitrogens with one attached hydrogen (secondary N) is 1. The molecule has 0 spiro atoms. The first-order valence-corrected chi connectivity index (χ1v) is 8.37. The first-order valence-electron chi connectivity index (χ1n) is 7.58. The van der Waals surface area contributed by atoms with Gasteiger partial charge < -0.3 is 4.98 Å². The van der Waals surface area contributed by atoms with Gasteiger partial charge >= 0.3 is 0 Å². The van der Waals surface area contributed by atoms with Crippen molar-refractivity contribution in [3.8, 4) is 0 Å². The Morgan fingerprint density at radius 2 is 2.24 bits per heavy atom. The summed E-state index contributed by atoms with van der Waals surface area (Å²) in [4.78, 5) is 18.6. The molecule has 0 bridgehead atoms. The zero-order valence-corrected chi connectivity index (χ0v) is 14.2. The van der Waals surface area contributed by atoms with E-state index in [0.717, 1.165) is 52.2 Å². The Morgan fingerprint density at radius 3 is 3.00 bits per heavy atom. The third-order valence-electron chi connectivity index (χ3n) is 4.40. The van der Waals surface area contributed by atoms with Crippen molar-refractivity contribution in [3.63, 3.8) is 0 Å². The summed E-state index contributed by atoms with van der Waals surface area (Å²) in [5, 5.41) is 0.773. The van der Waals surface area contributed by atoms with Crippen molar-refractivity contribution < 1.29 is 0 Å². The van der Waals surface area contributed by atoms with E-state index in [4.69, 9.17) is 0 Å². The molecule has 0 aliphatic carbocycles. The summed E-state index contributed by atoms with van der Waals surface area (Å²) in [5.74, 6) is 0.729. The standard InChI is InChI=1S/C17H21BrN2O/c1-11-4-3-7-20(9-11)10-15-12(2)19-16-6-5-13(18)8-14(16)17(15)21/h5-6,8,11H,3-4,7,9-10H2,1-2H3,(H,19,21). The zero-order chi connectivity index (χ0) is 15.0. The first-order chi connectivity index (χ1) is 10.0. The summed E-state index contributed by atoms with van der Waals surface area (Å²) in [6.07, 6.45) is 2.54. The van der Waals surface area contributed by atoms with Gasteiger partial charge in [-0.15, -0.1) is 0 Å². The molecule has 1 N–H and O–H groups in total. The lowest BCUT2D eigenvalue weighted by Gasteiger charge is -2.31. The lowest BCUT2D eigenvalue weighted by Crippen LogP contribution is -2.35. The molecule has 4 heteroatoms. The zero-order valence-electron chi connectivity index (χ0n) is 12.6. The van der Waals surface area contributed by atoms with E-state index in [1.54, 1.807) is 0 Å². The van der Waals surface area contributed by atoms with Crippen LogP contribution in [0.2, 0.25) is 0 Å². The smallest absolute Gasteiger partial charge is 0.194 e. The van der Waals surface area contributed by atoms with Gasteiger partial charge in [0, 0.05) is 39.7 Å². The van der Waals surface area contributed by atoms with Gasteiger partial charge in [-0.05, 0) is 50.4 Å². The number of fused-ring (bicyclic) bond motifs is 1. The molecule has 2 heterocycles. The lowest BCUT2D eigenvalue weighted by atomic mass is 9.99. The van der Waals surface area contributed by atoms with Crippen LogP contribution in [-0.4, -0.2) is 23.0 Å². The van der Waals surface area contributed by atoms with Crippen LogP contribution in [0, 0.1) is 12.8 Å². The van der Waals surface area contributed by atoms with Crippen molar-refractivity contribution >= 4 is 26.8 Å². The van der Waals surface area contributed by atoms with Crippen LogP contribution in [-0.2, 0) is 6.54 Å². The molecular formula is C17H21BrN2O. The molecule has 21 heavy (non-hydrogen) atoms. The maximum Gasteiger partial charge on any atom is 0.194 e. The van der Waals surface area contributed by atoms with Crippen LogP contribution in [0.1, 0.15) is 31.0 Å². The van der Waals surface area contributed by atoms with Crippen molar-refractivity contribution in [2.24, 2.45) is 5.92 Å². The van der Waals surface area contributed by atoms with Gasteiger partial charge in [-0.25, -0.2) is 0 Å². The highest BCUT2D eigenvalue weighted by molar-refractivity contribution is 9.10. The van der Waals surface area contributed by atoms with E-state index in [1.807, 2.05) is 25.1 Å². The number of halogens is 1. The molecule has 1 unspecified atom stereocenters. The van der Waals surface area contributed by atoms with Crippen LogP contribution in [0.15, 0.2) is 27.5 Å². The SMILES string of the molecule is Cc1[nH]c2ccc(Br)cc2c(=O)c1CN1CCCC(C)C1. The average Bonchev–Trinajstić information content (AvgIpc) is 2.45. The number of pyridine rings is 1. The maximum atomic E-state index is 12.8. The number of hydrogen-bond acceptors (Lipinski definition) is 2. The summed E-state index contributed by atoms with van der Waals surface area (Å²) in [6, 6.07) is 5.83. The fraction of sp³-hybridized carbons (Fsp3) is 0.471. The predicted molar refractivity (Wildman–Crippen MR) is 90.7 cm³/mol. The van der Waals surface area contributed by atoms with E-state index in [9.17, 15) is 4.79 Å². The third kappa shape index (κ3) is 3.06. The second-order valence-electron chi connectivity index (χ2n) is 6.23. The third-order valence-corrected chi connectivity index (χ3v) is 4.89. The highest BCUT2D eigenvalue weighted by atomic mass is 79.9. The van der Waals surface area contributed by atoms with Crippen LogP contribution in [0.3, 0.4) is 0 Å². The van der Waals surface area contributed by atoms with Gasteiger partial charge in [0.25, 0.3) is 0 Å². The van der Waals surface area contributed by atoms with E-state index < -0.39 is 0 Å². The Balaban J connectivity index is 2.00. The van der Waals surface area contributed by atoms with E-state index >= 15 is 0 Å². The molecule has 1 aliphatic heterocycles. The molecule has 3 nitrogen and oxygen atoms in total. The fourth-order valence-corrected chi connectivity index (χ4v) is 3.63. The van der Waals surface area contributed by atoms with Crippen LogP contribution in [0.25, 0.3) is 10.9 Å². The van der Waals surface area contributed by atoms with Crippen molar-refractivity contribution in [1.82, 2.24) is 9.88 Å². The number of nitrogens with zero attached hydrogens (tertiary/aromatic N) is 1. The van der Waals surface area contributed by atoms with Crippen molar-refractivity contribution in [3.05, 3.63) is 44.2 Å². The number of aryl methyl sites for hydroxylation is 1. The number of rotatable bonds is 2. The number of benzene rings is 1. The Kier molecular flexibility index (Phi) is 4.18.